The second kappa shape index (κ2) is 3.80. The van der Waals surface area contributed by atoms with Gasteiger partial charge in [0, 0.05) is 13.1 Å². The summed E-state index contributed by atoms with van der Waals surface area (Å²) in [5.41, 5.74) is 5.11. The lowest BCUT2D eigenvalue weighted by atomic mass is 10.4. The maximum Gasteiger partial charge on any atom is 0.410 e. The summed E-state index contributed by atoms with van der Waals surface area (Å²) in [6.07, 6.45) is -0.975. The molecule has 0 aliphatic heterocycles. The lowest BCUT2D eigenvalue weighted by molar-refractivity contribution is 0.210. The minimum Gasteiger partial charge on any atom is -0.403 e. The number of primary amides is 1. The minimum absolute atomic E-state index is 0.00120. The molecule has 0 atom stereocenters. The van der Waals surface area contributed by atoms with Crippen molar-refractivity contribution in [3.63, 3.8) is 0 Å². The van der Waals surface area contributed by atoms with Gasteiger partial charge < -0.3 is 10.5 Å². The van der Waals surface area contributed by atoms with Crippen molar-refractivity contribution in [2.24, 2.45) is 12.8 Å². The summed E-state index contributed by atoms with van der Waals surface area (Å²) in [5.74, 6) is -0.00120. The zero-order valence-corrected chi connectivity index (χ0v) is 9.27. The third-order valence-corrected chi connectivity index (χ3v) is 2.23. The van der Waals surface area contributed by atoms with Crippen LogP contribution in [-0.2, 0) is 7.05 Å². The number of rotatable bonds is 2. The van der Waals surface area contributed by atoms with Crippen molar-refractivity contribution in [3.8, 4) is 5.75 Å². The average Bonchev–Trinajstić information content (AvgIpc) is 2.29. The number of carbonyl (C=O) groups excluding carboxylic acids is 1. The van der Waals surface area contributed by atoms with Crippen LogP contribution in [0, 0.1) is 6.92 Å². The van der Waals surface area contributed by atoms with Crippen LogP contribution in [0.25, 0.3) is 0 Å². The highest BCUT2D eigenvalue weighted by Crippen LogP contribution is 2.14. The number of nitrogens with zero attached hydrogens (tertiary/aromatic N) is 2. The standard InChI is InChI=1S/C9H15N3O3/c1-5(2)12-8(13)7(15-9(10)14)6(3)11(12)4/h5H,1-4H3,(H2,10,14). The molecular formula is C9H15N3O3. The second-order valence-electron chi connectivity index (χ2n) is 3.60. The number of aromatic nitrogens is 2. The molecule has 2 N–H and O–H groups in total. The highest BCUT2D eigenvalue weighted by atomic mass is 16.6. The molecule has 6 nitrogen and oxygen atoms in total. The van der Waals surface area contributed by atoms with E-state index in [9.17, 15) is 9.59 Å². The van der Waals surface area contributed by atoms with Crippen LogP contribution in [-0.4, -0.2) is 15.5 Å². The van der Waals surface area contributed by atoms with Crippen LogP contribution in [0.15, 0.2) is 4.79 Å². The van der Waals surface area contributed by atoms with Crippen LogP contribution in [0.1, 0.15) is 25.6 Å². The molecule has 0 fully saturated rings. The van der Waals surface area contributed by atoms with Gasteiger partial charge >= 0.3 is 11.7 Å². The van der Waals surface area contributed by atoms with Gasteiger partial charge in [0.25, 0.3) is 0 Å². The number of hydrogen-bond acceptors (Lipinski definition) is 3. The molecule has 0 saturated heterocycles. The van der Waals surface area contributed by atoms with Crippen LogP contribution in [0.5, 0.6) is 5.75 Å². The zero-order chi connectivity index (χ0) is 11.7. The van der Waals surface area contributed by atoms with E-state index in [1.807, 2.05) is 13.8 Å². The Kier molecular flexibility index (Phi) is 2.88. The van der Waals surface area contributed by atoms with Crippen molar-refractivity contribution in [1.29, 1.82) is 0 Å². The maximum absolute atomic E-state index is 11.8. The SMILES string of the molecule is Cc1c(OC(N)=O)c(=O)n(C(C)C)n1C. The van der Waals surface area contributed by atoms with Crippen LogP contribution in [0.3, 0.4) is 0 Å². The fraction of sp³-hybridized carbons (Fsp3) is 0.556. The van der Waals surface area contributed by atoms with Crippen LogP contribution < -0.4 is 16.0 Å². The highest BCUT2D eigenvalue weighted by Gasteiger charge is 2.19. The quantitative estimate of drug-likeness (QED) is 0.778. The second-order valence-corrected chi connectivity index (χ2v) is 3.60. The first-order chi connectivity index (χ1) is 6.86. The van der Waals surface area contributed by atoms with E-state index >= 15 is 0 Å². The summed E-state index contributed by atoms with van der Waals surface area (Å²) in [4.78, 5) is 22.4. The smallest absolute Gasteiger partial charge is 0.403 e. The van der Waals surface area contributed by atoms with Crippen LogP contribution in [0.2, 0.25) is 0 Å². The highest BCUT2D eigenvalue weighted by molar-refractivity contribution is 5.68. The topological polar surface area (TPSA) is 79.2 Å². The molecule has 0 aromatic carbocycles. The Balaban J connectivity index is 3.36. The van der Waals surface area contributed by atoms with Gasteiger partial charge in [-0.2, -0.15) is 0 Å². The lowest BCUT2D eigenvalue weighted by Crippen LogP contribution is -2.25. The summed E-state index contributed by atoms with van der Waals surface area (Å²) >= 11 is 0. The number of amides is 1. The van der Waals surface area contributed by atoms with E-state index in [0.717, 1.165) is 0 Å². The van der Waals surface area contributed by atoms with E-state index in [-0.39, 0.29) is 17.4 Å². The van der Waals surface area contributed by atoms with Crippen molar-refractivity contribution in [1.82, 2.24) is 9.36 Å². The fourth-order valence-electron chi connectivity index (χ4n) is 1.50. The van der Waals surface area contributed by atoms with E-state index in [4.69, 9.17) is 5.73 Å². The van der Waals surface area contributed by atoms with Crippen molar-refractivity contribution in [2.75, 3.05) is 0 Å². The molecular weight excluding hydrogens is 198 g/mol. The predicted molar refractivity (Wildman–Crippen MR) is 55.0 cm³/mol. The van der Waals surface area contributed by atoms with Gasteiger partial charge in [-0.1, -0.05) is 0 Å². The molecule has 0 unspecified atom stereocenters. The van der Waals surface area contributed by atoms with Gasteiger partial charge in [0.1, 0.15) is 0 Å². The Morgan fingerprint density at radius 3 is 2.33 bits per heavy atom. The molecule has 1 aromatic heterocycles. The summed E-state index contributed by atoms with van der Waals surface area (Å²) < 4.78 is 7.81. The Morgan fingerprint density at radius 2 is 2.00 bits per heavy atom. The number of carbonyl (C=O) groups is 1. The van der Waals surface area contributed by atoms with Gasteiger partial charge in [-0.15, -0.1) is 0 Å². The van der Waals surface area contributed by atoms with Gasteiger partial charge in [0.05, 0.1) is 5.69 Å². The third-order valence-electron chi connectivity index (χ3n) is 2.23. The summed E-state index contributed by atoms with van der Waals surface area (Å²) in [6, 6.07) is -0.00794. The van der Waals surface area contributed by atoms with Crippen molar-refractivity contribution in [2.45, 2.75) is 26.8 Å². The molecule has 0 aliphatic rings. The molecule has 0 bridgehead atoms. The van der Waals surface area contributed by atoms with Gasteiger partial charge in [-0.05, 0) is 20.8 Å². The molecule has 0 aliphatic carbocycles. The predicted octanol–water partition coefficient (Wildman–Crippen LogP) is 0.534. The van der Waals surface area contributed by atoms with Gasteiger partial charge in [0.2, 0.25) is 5.75 Å². The Morgan fingerprint density at radius 1 is 1.47 bits per heavy atom. The third kappa shape index (κ3) is 1.88. The van der Waals surface area contributed by atoms with E-state index in [1.165, 1.54) is 4.68 Å². The van der Waals surface area contributed by atoms with Crippen molar-refractivity contribution >= 4 is 6.09 Å². The van der Waals surface area contributed by atoms with Gasteiger partial charge in [-0.3, -0.25) is 9.48 Å². The molecule has 15 heavy (non-hydrogen) atoms. The lowest BCUT2D eigenvalue weighted by Gasteiger charge is -2.10. The molecule has 0 saturated carbocycles. The number of ether oxygens (including phenoxy) is 1. The molecule has 1 amide bonds. The molecule has 1 rings (SSSR count). The minimum atomic E-state index is -0.975. The van der Waals surface area contributed by atoms with E-state index in [2.05, 4.69) is 4.74 Å². The maximum atomic E-state index is 11.8. The summed E-state index contributed by atoms with van der Waals surface area (Å²) in [5, 5.41) is 0. The molecule has 0 radical (unpaired) electrons. The van der Waals surface area contributed by atoms with Crippen LogP contribution >= 0.6 is 0 Å². The monoisotopic (exact) mass is 213 g/mol. The average molecular weight is 213 g/mol. The van der Waals surface area contributed by atoms with E-state index in [0.29, 0.717) is 5.69 Å². The van der Waals surface area contributed by atoms with Crippen molar-refractivity contribution < 1.29 is 9.53 Å². The molecule has 6 heteroatoms. The summed E-state index contributed by atoms with van der Waals surface area (Å²) in [7, 11) is 1.73. The Labute approximate surface area is 87.2 Å². The molecule has 0 spiro atoms. The number of nitrogens with two attached hydrogens (primary N) is 1. The largest absolute Gasteiger partial charge is 0.410 e. The zero-order valence-electron chi connectivity index (χ0n) is 9.27. The van der Waals surface area contributed by atoms with E-state index in [1.54, 1.807) is 18.7 Å². The van der Waals surface area contributed by atoms with E-state index < -0.39 is 6.09 Å². The van der Waals surface area contributed by atoms with Gasteiger partial charge in [0.15, 0.2) is 0 Å². The van der Waals surface area contributed by atoms with Crippen molar-refractivity contribution in [3.05, 3.63) is 16.0 Å². The molecule has 1 heterocycles. The molecule has 84 valence electrons. The molecule has 1 aromatic rings. The summed E-state index contributed by atoms with van der Waals surface area (Å²) in [6.45, 7) is 5.43. The Bertz CT molecular complexity index is 442. The Hall–Kier alpha value is -1.72. The fourth-order valence-corrected chi connectivity index (χ4v) is 1.50. The first-order valence-corrected chi connectivity index (χ1v) is 4.61. The van der Waals surface area contributed by atoms with Crippen LogP contribution in [0.4, 0.5) is 4.79 Å². The number of hydrogen-bond donors (Lipinski definition) is 1. The normalized spacial score (nSPS) is 10.7. The first-order valence-electron chi connectivity index (χ1n) is 4.61. The first kappa shape index (κ1) is 11.4. The van der Waals surface area contributed by atoms with Gasteiger partial charge in [-0.25, -0.2) is 9.48 Å².